The van der Waals surface area contributed by atoms with Crippen LogP contribution in [0, 0.1) is 17.7 Å². The van der Waals surface area contributed by atoms with Crippen molar-refractivity contribution in [3.63, 3.8) is 0 Å². The Hall–Kier alpha value is -1.10. The average Bonchev–Trinajstić information content (AvgIpc) is 3.20. The van der Waals surface area contributed by atoms with Gasteiger partial charge in [-0.05, 0) is 126 Å². The van der Waals surface area contributed by atoms with Crippen molar-refractivity contribution in [1.82, 2.24) is 4.72 Å². The fraction of sp³-hybridized carbons (Fsp3) is 0.559. The summed E-state index contributed by atoms with van der Waals surface area (Å²) >= 11 is 9.96. The molecule has 0 saturated heterocycles. The Morgan fingerprint density at radius 2 is 2.04 bits per heavy atom. The van der Waals surface area contributed by atoms with E-state index in [0.29, 0.717) is 62.2 Å². The Morgan fingerprint density at radius 1 is 1.20 bits per heavy atom. The van der Waals surface area contributed by atoms with Gasteiger partial charge in [-0.1, -0.05) is 44.0 Å². The maximum atomic E-state index is 15.4. The molecule has 2 heterocycles. The maximum Gasteiger partial charge on any atom is 0.261 e. The SMILES string of the molecule is CCCc1c(C2COc3ccc4cc3N(C2)C[C@@H]2CCC2C(OCCOPI)/C(C)=C/CCC(C)SNC4=O)ccc(Cl)c1F. The zero-order chi connectivity index (χ0) is 31.9. The van der Waals surface area contributed by atoms with Crippen LogP contribution in [0.2, 0.25) is 5.02 Å². The first kappa shape index (κ1) is 35.2. The lowest BCUT2D eigenvalue weighted by molar-refractivity contribution is -0.0279. The number of hydrogen-bond acceptors (Lipinski definition) is 6. The number of amides is 1. The fourth-order valence-electron chi connectivity index (χ4n) is 6.78. The molecule has 246 valence electrons. The van der Waals surface area contributed by atoms with Crippen molar-refractivity contribution in [3.05, 3.63) is 69.5 Å². The minimum absolute atomic E-state index is 0.0341. The molecule has 2 bridgehead atoms. The molecule has 11 heteroatoms. The van der Waals surface area contributed by atoms with Crippen molar-refractivity contribution < 1.29 is 23.2 Å². The van der Waals surface area contributed by atoms with Gasteiger partial charge >= 0.3 is 0 Å². The number of carbonyl (C=O) groups excluding carboxylic acids is 1. The molecule has 1 N–H and O–H groups in total. The molecule has 2 aliphatic heterocycles. The van der Waals surface area contributed by atoms with Gasteiger partial charge < -0.3 is 18.9 Å². The van der Waals surface area contributed by atoms with Crippen LogP contribution in [0.5, 0.6) is 5.75 Å². The first-order valence-electron chi connectivity index (χ1n) is 16.0. The van der Waals surface area contributed by atoms with E-state index in [-0.39, 0.29) is 34.0 Å². The standard InChI is InChI=1S/C34H44ClFIN2O4PS/c1-4-6-28-26(12-13-29(35)32(28)36)25-19-39-18-24-9-11-27(24)33(41-15-16-43-44-37)21(2)7-5-8-22(3)45-38-34(40)23-10-14-31(42-20-25)30(39)17-23/h7,10,12-14,17,22,24-25,27,33,44H,4-6,8-9,11,15-16,18-20H2,1-3H3,(H,38,40)/b21-7+/t22?,24-,25?,27?,33?/m0/s1. The van der Waals surface area contributed by atoms with E-state index in [0.717, 1.165) is 55.6 Å². The summed E-state index contributed by atoms with van der Waals surface area (Å²) in [5, 5.41) is 0.419. The molecule has 2 aromatic rings. The topological polar surface area (TPSA) is 60.0 Å². The second-order valence-corrected chi connectivity index (χ2v) is 15.8. The van der Waals surface area contributed by atoms with E-state index in [1.54, 1.807) is 6.07 Å². The molecule has 2 aromatic carbocycles. The molecule has 5 rings (SSSR count). The Labute approximate surface area is 291 Å². The minimum atomic E-state index is -0.329. The van der Waals surface area contributed by atoms with Gasteiger partial charge in [0, 0.05) is 29.8 Å². The molecule has 6 atom stereocenters. The van der Waals surface area contributed by atoms with Crippen LogP contribution in [-0.2, 0) is 15.7 Å². The molecule has 5 unspecified atom stereocenters. The summed E-state index contributed by atoms with van der Waals surface area (Å²) in [7, 11) is 0. The van der Waals surface area contributed by atoms with E-state index in [9.17, 15) is 4.79 Å². The summed E-state index contributed by atoms with van der Waals surface area (Å²) in [6.45, 7) is 9.85. The van der Waals surface area contributed by atoms with E-state index in [4.69, 9.17) is 25.6 Å². The Morgan fingerprint density at radius 3 is 2.80 bits per heavy atom. The Bertz CT molecular complexity index is 1370. The van der Waals surface area contributed by atoms with Gasteiger partial charge in [0.15, 0.2) is 0 Å². The largest absolute Gasteiger partial charge is 0.491 e. The lowest BCUT2D eigenvalue weighted by Gasteiger charge is -2.45. The third-order valence-electron chi connectivity index (χ3n) is 9.31. The molecule has 3 aliphatic rings. The van der Waals surface area contributed by atoms with E-state index in [1.807, 2.05) is 24.3 Å². The number of rotatable bonds is 8. The van der Waals surface area contributed by atoms with E-state index in [2.05, 4.69) is 58.5 Å². The fourth-order valence-corrected chi connectivity index (χ4v) is 8.45. The zero-order valence-corrected chi connectivity index (χ0v) is 31.0. The molecule has 0 radical (unpaired) electrons. The highest BCUT2D eigenvalue weighted by Crippen LogP contribution is 2.44. The van der Waals surface area contributed by atoms with Gasteiger partial charge in [0.2, 0.25) is 0 Å². The van der Waals surface area contributed by atoms with Crippen LogP contribution in [0.1, 0.15) is 80.3 Å². The van der Waals surface area contributed by atoms with Gasteiger partial charge in [-0.3, -0.25) is 9.52 Å². The Balaban J connectivity index is 1.51. The number of ether oxygens (including phenoxy) is 2. The monoisotopic (exact) mass is 788 g/mol. The van der Waals surface area contributed by atoms with Crippen LogP contribution in [0.3, 0.4) is 0 Å². The molecular formula is C34H44ClFIN2O4PS. The van der Waals surface area contributed by atoms with Gasteiger partial charge in [-0.15, -0.1) is 0 Å². The highest BCUT2D eigenvalue weighted by molar-refractivity contribution is 14.2. The first-order valence-corrected chi connectivity index (χ1v) is 21.3. The van der Waals surface area contributed by atoms with Crippen molar-refractivity contribution in [2.45, 2.75) is 76.6 Å². The van der Waals surface area contributed by atoms with Crippen molar-refractivity contribution >= 4 is 63.6 Å². The third-order valence-corrected chi connectivity index (χ3v) is 11.8. The molecular weight excluding hydrogens is 745 g/mol. The quantitative estimate of drug-likeness (QED) is 0.0947. The number of allylic oxidation sites excluding steroid dienone is 1. The summed E-state index contributed by atoms with van der Waals surface area (Å²) in [5.41, 5.74) is 4.41. The van der Waals surface area contributed by atoms with Gasteiger partial charge in [0.05, 0.1) is 43.1 Å². The van der Waals surface area contributed by atoms with Gasteiger partial charge in [0.1, 0.15) is 11.6 Å². The number of benzene rings is 2. The molecule has 45 heavy (non-hydrogen) atoms. The predicted octanol–water partition coefficient (Wildman–Crippen LogP) is 9.29. The second-order valence-electron chi connectivity index (χ2n) is 12.4. The number of halogens is 3. The molecule has 1 saturated carbocycles. The molecule has 1 aliphatic carbocycles. The van der Waals surface area contributed by atoms with Crippen molar-refractivity contribution in [1.29, 1.82) is 0 Å². The predicted molar refractivity (Wildman–Crippen MR) is 194 cm³/mol. The maximum absolute atomic E-state index is 15.4. The highest BCUT2D eigenvalue weighted by Gasteiger charge is 2.40. The number of nitrogens with zero attached hydrogens (tertiary/aromatic N) is 1. The zero-order valence-electron chi connectivity index (χ0n) is 26.3. The van der Waals surface area contributed by atoms with Gasteiger partial charge in [-0.25, -0.2) is 4.39 Å². The normalized spacial score (nSPS) is 27.2. The summed E-state index contributed by atoms with van der Waals surface area (Å²) in [6, 6.07) is 9.36. The minimum Gasteiger partial charge on any atom is -0.491 e. The molecule has 6 nitrogen and oxygen atoms in total. The second kappa shape index (κ2) is 16.8. The average molecular weight is 789 g/mol. The number of hydrogen-bond donors (Lipinski definition) is 1. The summed E-state index contributed by atoms with van der Waals surface area (Å²) in [6.07, 6.45) is 7.89. The van der Waals surface area contributed by atoms with Crippen LogP contribution in [0.4, 0.5) is 10.1 Å². The lowest BCUT2D eigenvalue weighted by atomic mass is 9.68. The van der Waals surface area contributed by atoms with Gasteiger partial charge in [0.25, 0.3) is 5.91 Å². The molecule has 0 spiro atoms. The summed E-state index contributed by atoms with van der Waals surface area (Å²) in [4.78, 5) is 15.7. The van der Waals surface area contributed by atoms with Crippen molar-refractivity contribution in [3.8, 4) is 5.75 Å². The summed E-state index contributed by atoms with van der Waals surface area (Å²) in [5.74, 6) is 1.02. The Kier molecular flexibility index (Phi) is 13.2. The lowest BCUT2D eigenvalue weighted by Crippen LogP contribution is -2.45. The summed E-state index contributed by atoms with van der Waals surface area (Å²) < 4.78 is 37.1. The molecule has 0 aromatic heterocycles. The third kappa shape index (κ3) is 8.69. The first-order chi connectivity index (χ1) is 21.8. The van der Waals surface area contributed by atoms with E-state index >= 15 is 4.39 Å². The van der Waals surface area contributed by atoms with Crippen molar-refractivity contribution in [2.75, 3.05) is 37.8 Å². The highest BCUT2D eigenvalue weighted by atomic mass is 127. The van der Waals surface area contributed by atoms with Crippen LogP contribution in [-0.4, -0.2) is 50.2 Å². The van der Waals surface area contributed by atoms with Gasteiger partial charge in [-0.2, -0.15) is 0 Å². The van der Waals surface area contributed by atoms with Crippen LogP contribution >= 0.6 is 52.0 Å². The van der Waals surface area contributed by atoms with Crippen molar-refractivity contribution in [2.24, 2.45) is 11.8 Å². The van der Waals surface area contributed by atoms with Crippen LogP contribution in [0.25, 0.3) is 0 Å². The smallest absolute Gasteiger partial charge is 0.261 e. The molecule has 1 fully saturated rings. The van der Waals surface area contributed by atoms with Crippen LogP contribution < -0.4 is 14.4 Å². The number of carbonyl (C=O) groups is 1. The number of nitrogens with one attached hydrogen (secondary N) is 1. The number of fused-ring (bicyclic) bond motifs is 2. The van der Waals surface area contributed by atoms with E-state index < -0.39 is 0 Å². The van der Waals surface area contributed by atoms with Crippen LogP contribution in [0.15, 0.2) is 42.0 Å². The van der Waals surface area contributed by atoms with E-state index in [1.165, 1.54) is 17.5 Å². The number of anilines is 1. The molecule has 1 amide bonds.